The quantitative estimate of drug-likeness (QED) is 0.790. The fourth-order valence-electron chi connectivity index (χ4n) is 3.81. The molecule has 0 aromatic heterocycles. The third-order valence-electron chi connectivity index (χ3n) is 4.92. The van der Waals surface area contributed by atoms with Crippen LogP contribution in [-0.4, -0.2) is 5.60 Å². The standard InChI is InChI=1S/C21H23FO2/c1-21(2)12-16-9-18(22)10-17(20(16)24-21)13-23-19-8-7-14-5-3-4-6-15(14)11-19/h7-11H,3-6,12-13H2,1-2H3. The zero-order valence-electron chi connectivity index (χ0n) is 14.3. The lowest BCUT2D eigenvalue weighted by Crippen LogP contribution is -2.25. The third-order valence-corrected chi connectivity index (χ3v) is 4.92. The maximum absolute atomic E-state index is 13.9. The average molecular weight is 326 g/mol. The van der Waals surface area contributed by atoms with Gasteiger partial charge in [0.05, 0.1) is 0 Å². The maximum atomic E-state index is 13.9. The van der Waals surface area contributed by atoms with Crippen LogP contribution in [0.5, 0.6) is 11.5 Å². The van der Waals surface area contributed by atoms with Crippen molar-refractivity contribution in [2.75, 3.05) is 0 Å². The summed E-state index contributed by atoms with van der Waals surface area (Å²) in [5.41, 5.74) is 4.26. The number of hydrogen-bond acceptors (Lipinski definition) is 2. The minimum absolute atomic E-state index is 0.223. The number of halogens is 1. The fourth-order valence-corrected chi connectivity index (χ4v) is 3.81. The summed E-state index contributed by atoms with van der Waals surface area (Å²) >= 11 is 0. The maximum Gasteiger partial charge on any atom is 0.130 e. The van der Waals surface area contributed by atoms with Crippen LogP contribution in [0.25, 0.3) is 0 Å². The number of fused-ring (bicyclic) bond motifs is 2. The van der Waals surface area contributed by atoms with Crippen molar-refractivity contribution in [2.45, 2.75) is 58.2 Å². The molecule has 1 aliphatic heterocycles. The number of ether oxygens (including phenoxy) is 2. The SMILES string of the molecule is CC1(C)Cc2cc(F)cc(COc3ccc4c(c3)CCCC4)c2O1. The highest BCUT2D eigenvalue weighted by atomic mass is 19.1. The van der Waals surface area contributed by atoms with Crippen molar-refractivity contribution in [3.8, 4) is 11.5 Å². The molecule has 2 aliphatic rings. The highest BCUT2D eigenvalue weighted by molar-refractivity contribution is 5.46. The van der Waals surface area contributed by atoms with Crippen molar-refractivity contribution in [3.05, 3.63) is 58.4 Å². The summed E-state index contributed by atoms with van der Waals surface area (Å²) in [4.78, 5) is 0. The molecular formula is C21H23FO2. The van der Waals surface area contributed by atoms with Gasteiger partial charge in [-0.1, -0.05) is 6.07 Å². The predicted molar refractivity (Wildman–Crippen MR) is 92.2 cm³/mol. The molecule has 4 rings (SSSR count). The minimum Gasteiger partial charge on any atom is -0.489 e. The van der Waals surface area contributed by atoms with Gasteiger partial charge in [0.2, 0.25) is 0 Å². The second kappa shape index (κ2) is 5.80. The Hall–Kier alpha value is -2.03. The van der Waals surface area contributed by atoms with Gasteiger partial charge >= 0.3 is 0 Å². The molecule has 126 valence electrons. The second-order valence-electron chi connectivity index (χ2n) is 7.52. The first-order valence-electron chi connectivity index (χ1n) is 8.75. The van der Waals surface area contributed by atoms with E-state index in [0.717, 1.165) is 41.9 Å². The first kappa shape index (κ1) is 15.5. The van der Waals surface area contributed by atoms with Gasteiger partial charge < -0.3 is 9.47 Å². The Labute approximate surface area is 142 Å². The van der Waals surface area contributed by atoms with Crippen LogP contribution >= 0.6 is 0 Å². The molecule has 1 aliphatic carbocycles. The Morgan fingerprint density at radius 3 is 2.67 bits per heavy atom. The lowest BCUT2D eigenvalue weighted by Gasteiger charge is -2.19. The molecule has 0 fully saturated rings. The summed E-state index contributed by atoms with van der Waals surface area (Å²) in [6.07, 6.45) is 5.54. The fraction of sp³-hybridized carbons (Fsp3) is 0.429. The first-order valence-corrected chi connectivity index (χ1v) is 8.75. The molecule has 0 amide bonds. The molecule has 0 radical (unpaired) electrons. The Bertz CT molecular complexity index is 780. The van der Waals surface area contributed by atoms with Gasteiger partial charge in [0, 0.05) is 17.5 Å². The van der Waals surface area contributed by atoms with Gasteiger partial charge in [0.25, 0.3) is 0 Å². The lowest BCUT2D eigenvalue weighted by atomic mass is 9.92. The summed E-state index contributed by atoms with van der Waals surface area (Å²) in [5.74, 6) is 1.42. The van der Waals surface area contributed by atoms with Crippen LogP contribution in [0.2, 0.25) is 0 Å². The number of hydrogen-bond donors (Lipinski definition) is 0. The largest absolute Gasteiger partial charge is 0.489 e. The van der Waals surface area contributed by atoms with E-state index in [4.69, 9.17) is 9.47 Å². The van der Waals surface area contributed by atoms with E-state index in [1.54, 1.807) is 6.07 Å². The summed E-state index contributed by atoms with van der Waals surface area (Å²) < 4.78 is 25.9. The van der Waals surface area contributed by atoms with E-state index in [1.807, 2.05) is 19.9 Å². The Morgan fingerprint density at radius 1 is 1.04 bits per heavy atom. The molecule has 0 saturated carbocycles. The Balaban J connectivity index is 1.55. The van der Waals surface area contributed by atoms with Gasteiger partial charge in [-0.3, -0.25) is 0 Å². The van der Waals surface area contributed by atoms with E-state index in [0.29, 0.717) is 6.61 Å². The average Bonchev–Trinajstić information content (AvgIpc) is 2.86. The van der Waals surface area contributed by atoms with Crippen molar-refractivity contribution < 1.29 is 13.9 Å². The molecule has 24 heavy (non-hydrogen) atoms. The molecule has 0 atom stereocenters. The molecule has 2 aromatic rings. The highest BCUT2D eigenvalue weighted by Gasteiger charge is 2.32. The number of rotatable bonds is 3. The first-order chi connectivity index (χ1) is 11.5. The van der Waals surface area contributed by atoms with Crippen molar-refractivity contribution in [3.63, 3.8) is 0 Å². The monoisotopic (exact) mass is 326 g/mol. The van der Waals surface area contributed by atoms with Crippen LogP contribution < -0.4 is 9.47 Å². The topological polar surface area (TPSA) is 18.5 Å². The van der Waals surface area contributed by atoms with Gasteiger partial charge in [0.15, 0.2) is 0 Å². The zero-order chi connectivity index (χ0) is 16.7. The van der Waals surface area contributed by atoms with Crippen LogP contribution in [0.1, 0.15) is 48.9 Å². The van der Waals surface area contributed by atoms with Crippen molar-refractivity contribution in [1.29, 1.82) is 0 Å². The van der Waals surface area contributed by atoms with Crippen molar-refractivity contribution in [1.82, 2.24) is 0 Å². The highest BCUT2D eigenvalue weighted by Crippen LogP contribution is 2.38. The number of benzene rings is 2. The Kier molecular flexibility index (Phi) is 3.75. The van der Waals surface area contributed by atoms with Gasteiger partial charge in [-0.25, -0.2) is 4.39 Å². The van der Waals surface area contributed by atoms with Crippen LogP contribution in [0.4, 0.5) is 4.39 Å². The summed E-state index contributed by atoms with van der Waals surface area (Å²) in [6, 6.07) is 9.43. The van der Waals surface area contributed by atoms with Crippen molar-refractivity contribution >= 4 is 0 Å². The summed E-state index contributed by atoms with van der Waals surface area (Å²) in [7, 11) is 0. The van der Waals surface area contributed by atoms with Gasteiger partial charge in [-0.2, -0.15) is 0 Å². The molecule has 1 heterocycles. The van der Waals surface area contributed by atoms with Crippen LogP contribution in [0.3, 0.4) is 0 Å². The molecule has 3 heteroatoms. The predicted octanol–water partition coefficient (Wildman–Crippen LogP) is 5.00. The summed E-state index contributed by atoms with van der Waals surface area (Å²) in [5, 5.41) is 0. The van der Waals surface area contributed by atoms with E-state index in [2.05, 4.69) is 12.1 Å². The van der Waals surface area contributed by atoms with E-state index in [9.17, 15) is 4.39 Å². The minimum atomic E-state index is -0.281. The van der Waals surface area contributed by atoms with E-state index >= 15 is 0 Å². The van der Waals surface area contributed by atoms with Gasteiger partial charge in [-0.05, 0) is 74.9 Å². The van der Waals surface area contributed by atoms with E-state index in [1.165, 1.54) is 30.0 Å². The Morgan fingerprint density at radius 2 is 1.83 bits per heavy atom. The molecule has 2 nitrogen and oxygen atoms in total. The van der Waals surface area contributed by atoms with E-state index < -0.39 is 0 Å². The van der Waals surface area contributed by atoms with E-state index in [-0.39, 0.29) is 11.4 Å². The molecule has 0 unspecified atom stereocenters. The van der Waals surface area contributed by atoms with Crippen LogP contribution in [0, 0.1) is 5.82 Å². The molecule has 0 spiro atoms. The summed E-state index contributed by atoms with van der Waals surface area (Å²) in [6.45, 7) is 4.38. The van der Waals surface area contributed by atoms with Crippen molar-refractivity contribution in [2.24, 2.45) is 0 Å². The number of aryl methyl sites for hydroxylation is 2. The molecule has 0 bridgehead atoms. The molecule has 0 saturated heterocycles. The van der Waals surface area contributed by atoms with Gasteiger partial charge in [0.1, 0.15) is 29.5 Å². The third kappa shape index (κ3) is 3.00. The van der Waals surface area contributed by atoms with Gasteiger partial charge in [-0.15, -0.1) is 0 Å². The van der Waals surface area contributed by atoms with Crippen LogP contribution in [-0.2, 0) is 25.9 Å². The normalized spacial score (nSPS) is 17.8. The second-order valence-corrected chi connectivity index (χ2v) is 7.52. The molecule has 2 aromatic carbocycles. The molecular weight excluding hydrogens is 303 g/mol. The van der Waals surface area contributed by atoms with Crippen LogP contribution in [0.15, 0.2) is 30.3 Å². The zero-order valence-corrected chi connectivity index (χ0v) is 14.3. The smallest absolute Gasteiger partial charge is 0.130 e. The lowest BCUT2D eigenvalue weighted by molar-refractivity contribution is 0.135. The molecule has 0 N–H and O–H groups in total.